The third-order valence-corrected chi connectivity index (χ3v) is 3.55. The highest BCUT2D eigenvalue weighted by molar-refractivity contribution is 6.33. The van der Waals surface area contributed by atoms with Crippen molar-refractivity contribution >= 4 is 17.3 Å². The molecule has 0 amide bonds. The molecule has 1 aliphatic carbocycles. The van der Waals surface area contributed by atoms with Crippen molar-refractivity contribution in [1.29, 1.82) is 0 Å². The Morgan fingerprint density at radius 1 is 1.57 bits per heavy atom. The molecule has 1 aromatic rings. The van der Waals surface area contributed by atoms with Gasteiger partial charge >= 0.3 is 0 Å². The van der Waals surface area contributed by atoms with Crippen LogP contribution in [0.15, 0.2) is 18.5 Å². The van der Waals surface area contributed by atoms with Crippen LogP contribution in [0.5, 0.6) is 0 Å². The summed E-state index contributed by atoms with van der Waals surface area (Å²) < 4.78 is 0. The molecule has 0 saturated heterocycles. The molecule has 0 aromatic carbocycles. The van der Waals surface area contributed by atoms with Crippen molar-refractivity contribution in [3.05, 3.63) is 23.5 Å². The molecular weight excluding hydrogens is 196 g/mol. The normalized spacial score (nSPS) is 20.2. The number of nitrogens with zero attached hydrogens (tertiary/aromatic N) is 1. The summed E-state index contributed by atoms with van der Waals surface area (Å²) in [5, 5.41) is 4.16. The topological polar surface area (TPSA) is 24.9 Å². The lowest BCUT2D eigenvalue weighted by atomic mass is 10.0. The van der Waals surface area contributed by atoms with Gasteiger partial charge in [-0.15, -0.1) is 0 Å². The van der Waals surface area contributed by atoms with Crippen LogP contribution < -0.4 is 5.32 Å². The number of hydrogen-bond donors (Lipinski definition) is 1. The molecule has 76 valence electrons. The number of nitrogens with one attached hydrogen (secondary N) is 1. The van der Waals surface area contributed by atoms with E-state index in [9.17, 15) is 0 Å². The Morgan fingerprint density at radius 2 is 2.29 bits per heavy atom. The molecule has 1 unspecified atom stereocenters. The predicted octanol–water partition coefficient (Wildman–Crippen LogP) is 3.34. The van der Waals surface area contributed by atoms with Crippen molar-refractivity contribution in [3.63, 3.8) is 0 Å². The van der Waals surface area contributed by atoms with Crippen LogP contribution >= 0.6 is 11.6 Å². The number of aromatic nitrogens is 1. The second-order valence-corrected chi connectivity index (χ2v) is 4.78. The van der Waals surface area contributed by atoms with Crippen LogP contribution in [-0.2, 0) is 0 Å². The molecule has 0 bridgehead atoms. The van der Waals surface area contributed by atoms with Gasteiger partial charge in [0.1, 0.15) is 0 Å². The van der Waals surface area contributed by atoms with Crippen LogP contribution in [-0.4, -0.2) is 11.0 Å². The van der Waals surface area contributed by atoms with E-state index in [1.165, 1.54) is 12.8 Å². The third-order valence-electron chi connectivity index (χ3n) is 3.22. The van der Waals surface area contributed by atoms with Gasteiger partial charge in [-0.05, 0) is 31.2 Å². The second-order valence-electron chi connectivity index (χ2n) is 4.38. The second kappa shape index (κ2) is 3.43. The minimum Gasteiger partial charge on any atom is -0.380 e. The molecule has 2 rings (SSSR count). The van der Waals surface area contributed by atoms with Crippen LogP contribution in [0, 0.1) is 5.41 Å². The maximum absolute atomic E-state index is 6.04. The summed E-state index contributed by atoms with van der Waals surface area (Å²) in [6.07, 6.45) is 6.10. The molecule has 1 aliphatic rings. The average molecular weight is 211 g/mol. The summed E-state index contributed by atoms with van der Waals surface area (Å²) in [7, 11) is 0. The Bertz CT molecular complexity index is 334. The Balaban J connectivity index is 2.07. The lowest BCUT2D eigenvalue weighted by Gasteiger charge is -2.21. The molecular formula is C11H15ClN2. The molecule has 1 atom stereocenters. The average Bonchev–Trinajstić information content (AvgIpc) is 2.89. The lowest BCUT2D eigenvalue weighted by molar-refractivity contribution is 0.493. The first-order valence-corrected chi connectivity index (χ1v) is 5.36. The Labute approximate surface area is 89.7 Å². The number of pyridine rings is 1. The lowest BCUT2D eigenvalue weighted by Crippen LogP contribution is -2.25. The monoisotopic (exact) mass is 210 g/mol. The van der Waals surface area contributed by atoms with Gasteiger partial charge in [0.25, 0.3) is 0 Å². The highest BCUT2D eigenvalue weighted by Gasteiger charge is 2.42. The van der Waals surface area contributed by atoms with E-state index in [0.29, 0.717) is 11.5 Å². The van der Waals surface area contributed by atoms with Crippen LogP contribution in [0.4, 0.5) is 5.69 Å². The minimum atomic E-state index is 0.458. The van der Waals surface area contributed by atoms with Crippen LogP contribution in [0.3, 0.4) is 0 Å². The van der Waals surface area contributed by atoms with E-state index in [1.807, 2.05) is 6.07 Å². The summed E-state index contributed by atoms with van der Waals surface area (Å²) >= 11 is 6.04. The summed E-state index contributed by atoms with van der Waals surface area (Å²) in [6.45, 7) is 4.51. The highest BCUT2D eigenvalue weighted by Crippen LogP contribution is 2.49. The van der Waals surface area contributed by atoms with E-state index in [2.05, 4.69) is 24.1 Å². The fourth-order valence-corrected chi connectivity index (χ4v) is 1.68. The van der Waals surface area contributed by atoms with Gasteiger partial charge < -0.3 is 5.32 Å². The maximum atomic E-state index is 6.04. The van der Waals surface area contributed by atoms with E-state index >= 15 is 0 Å². The summed E-state index contributed by atoms with van der Waals surface area (Å²) in [5.41, 5.74) is 1.40. The van der Waals surface area contributed by atoms with Crippen molar-refractivity contribution < 1.29 is 0 Å². The minimum absolute atomic E-state index is 0.458. The molecule has 1 N–H and O–H groups in total. The van der Waals surface area contributed by atoms with Crippen molar-refractivity contribution in [2.75, 3.05) is 5.32 Å². The van der Waals surface area contributed by atoms with Gasteiger partial charge in [-0.3, -0.25) is 4.98 Å². The highest BCUT2D eigenvalue weighted by atomic mass is 35.5. The molecule has 3 heteroatoms. The first-order chi connectivity index (χ1) is 6.62. The van der Waals surface area contributed by atoms with Crippen molar-refractivity contribution in [2.45, 2.75) is 32.7 Å². The SMILES string of the molecule is CC(Nc1cnccc1Cl)C1(C)CC1. The smallest absolute Gasteiger partial charge is 0.0718 e. The summed E-state index contributed by atoms with van der Waals surface area (Å²) in [6, 6.07) is 2.27. The third kappa shape index (κ3) is 1.85. The van der Waals surface area contributed by atoms with Gasteiger partial charge in [0.2, 0.25) is 0 Å². The zero-order chi connectivity index (χ0) is 10.2. The molecule has 0 spiro atoms. The summed E-state index contributed by atoms with van der Waals surface area (Å²) in [5.74, 6) is 0. The molecule has 0 radical (unpaired) electrons. The zero-order valence-corrected chi connectivity index (χ0v) is 9.30. The van der Waals surface area contributed by atoms with Crippen LogP contribution in [0.1, 0.15) is 26.7 Å². The molecule has 14 heavy (non-hydrogen) atoms. The quantitative estimate of drug-likeness (QED) is 0.828. The largest absolute Gasteiger partial charge is 0.380 e. The molecule has 2 nitrogen and oxygen atoms in total. The number of hydrogen-bond acceptors (Lipinski definition) is 2. The Hall–Kier alpha value is -0.760. The standard InChI is InChI=1S/C11H15ClN2/c1-8(11(2)4-5-11)14-10-7-13-6-3-9(10)12/h3,6-8,14H,4-5H2,1-2H3. The molecule has 1 aromatic heterocycles. The van der Waals surface area contributed by atoms with Gasteiger partial charge in [-0.2, -0.15) is 0 Å². The first kappa shape index (κ1) is 9.78. The summed E-state index contributed by atoms with van der Waals surface area (Å²) in [4.78, 5) is 4.05. The first-order valence-electron chi connectivity index (χ1n) is 4.98. The number of halogens is 1. The van der Waals surface area contributed by atoms with Gasteiger partial charge in [0.05, 0.1) is 16.9 Å². The number of anilines is 1. The van der Waals surface area contributed by atoms with E-state index < -0.39 is 0 Å². The Morgan fingerprint density at radius 3 is 2.86 bits per heavy atom. The van der Waals surface area contributed by atoms with Crippen molar-refractivity contribution in [2.24, 2.45) is 5.41 Å². The van der Waals surface area contributed by atoms with E-state index in [1.54, 1.807) is 12.4 Å². The fraction of sp³-hybridized carbons (Fsp3) is 0.545. The van der Waals surface area contributed by atoms with Crippen LogP contribution in [0.25, 0.3) is 0 Å². The molecule has 1 fully saturated rings. The van der Waals surface area contributed by atoms with Crippen molar-refractivity contribution in [1.82, 2.24) is 4.98 Å². The van der Waals surface area contributed by atoms with Crippen LogP contribution in [0.2, 0.25) is 5.02 Å². The van der Waals surface area contributed by atoms with E-state index in [4.69, 9.17) is 11.6 Å². The number of rotatable bonds is 3. The van der Waals surface area contributed by atoms with Gasteiger partial charge in [-0.25, -0.2) is 0 Å². The van der Waals surface area contributed by atoms with E-state index in [-0.39, 0.29) is 0 Å². The van der Waals surface area contributed by atoms with Crippen molar-refractivity contribution in [3.8, 4) is 0 Å². The van der Waals surface area contributed by atoms with Gasteiger partial charge in [-0.1, -0.05) is 18.5 Å². The molecule has 1 saturated carbocycles. The zero-order valence-electron chi connectivity index (χ0n) is 8.55. The van der Waals surface area contributed by atoms with Gasteiger partial charge in [0.15, 0.2) is 0 Å². The fourth-order valence-electron chi connectivity index (χ4n) is 1.52. The Kier molecular flexibility index (Phi) is 2.40. The van der Waals surface area contributed by atoms with Gasteiger partial charge in [0, 0.05) is 12.2 Å². The van der Waals surface area contributed by atoms with E-state index in [0.717, 1.165) is 10.7 Å². The molecule has 1 heterocycles. The molecule has 0 aliphatic heterocycles. The maximum Gasteiger partial charge on any atom is 0.0718 e. The predicted molar refractivity (Wildman–Crippen MR) is 59.7 cm³/mol.